The van der Waals surface area contributed by atoms with Crippen molar-refractivity contribution < 1.29 is 28.8 Å². The van der Waals surface area contributed by atoms with E-state index in [9.17, 15) is 29.3 Å². The largest absolute Gasteiger partial charge is 0.465 e. The van der Waals surface area contributed by atoms with E-state index in [1.807, 2.05) is 0 Å². The maximum atomic E-state index is 13.3. The van der Waals surface area contributed by atoms with E-state index >= 15 is 0 Å². The van der Waals surface area contributed by atoms with Gasteiger partial charge in [0.15, 0.2) is 17.3 Å². The number of Topliss-reactive ketones (excluding diaryl/α,β-unsaturated/α-hetero) is 3. The highest BCUT2D eigenvalue weighted by molar-refractivity contribution is 6.32. The molecule has 0 saturated heterocycles. The van der Waals surface area contributed by atoms with Crippen LogP contribution in [0.5, 0.6) is 0 Å². The molecule has 160 valence electrons. The van der Waals surface area contributed by atoms with Gasteiger partial charge in [0.05, 0.1) is 17.1 Å². The Hall–Kier alpha value is -3.39. The molecule has 0 aromatic heterocycles. The van der Waals surface area contributed by atoms with Gasteiger partial charge in [0.25, 0.3) is 5.69 Å². The van der Waals surface area contributed by atoms with Crippen LogP contribution < -0.4 is 0 Å². The van der Waals surface area contributed by atoms with E-state index in [4.69, 9.17) is 16.3 Å². The van der Waals surface area contributed by atoms with Crippen molar-refractivity contribution in [2.75, 3.05) is 6.61 Å². The lowest BCUT2D eigenvalue weighted by molar-refractivity contribution is -0.385. The van der Waals surface area contributed by atoms with Crippen LogP contribution in [-0.4, -0.2) is 34.8 Å². The SMILES string of the molecule is CCOC(=O)C1C(=O)C(C(=O)c2ccc(Cl)cc2[N+](=O)[O-])C(=O)CC1c1ccccc1. The van der Waals surface area contributed by atoms with Crippen molar-refractivity contribution in [3.63, 3.8) is 0 Å². The Balaban J connectivity index is 2.04. The second-order valence-electron chi connectivity index (χ2n) is 7.04. The summed E-state index contributed by atoms with van der Waals surface area (Å²) in [6.07, 6.45) is -0.253. The number of carbonyl (C=O) groups is 4. The van der Waals surface area contributed by atoms with Gasteiger partial charge in [-0.15, -0.1) is 0 Å². The summed E-state index contributed by atoms with van der Waals surface area (Å²) in [5.74, 6) is -7.47. The topological polar surface area (TPSA) is 121 Å². The molecule has 8 nitrogen and oxygen atoms in total. The standard InChI is InChI=1S/C22H18ClNO7/c1-2-31-22(28)18-15(12-6-4-3-5-7-12)11-17(25)19(21(18)27)20(26)14-9-8-13(23)10-16(14)24(29)30/h3-10,15,18-19H,2,11H2,1H3. The average molecular weight is 444 g/mol. The molecule has 31 heavy (non-hydrogen) atoms. The monoisotopic (exact) mass is 443 g/mol. The molecule has 1 saturated carbocycles. The summed E-state index contributed by atoms with van der Waals surface area (Å²) in [6, 6.07) is 11.9. The predicted octanol–water partition coefficient (Wildman–Crippen LogP) is 3.55. The number of ether oxygens (including phenoxy) is 1. The number of benzene rings is 2. The van der Waals surface area contributed by atoms with Crippen LogP contribution in [-0.2, 0) is 19.1 Å². The normalized spacial score (nSPS) is 20.9. The number of hydrogen-bond acceptors (Lipinski definition) is 7. The Morgan fingerprint density at radius 3 is 2.45 bits per heavy atom. The second kappa shape index (κ2) is 9.18. The lowest BCUT2D eigenvalue weighted by atomic mass is 9.68. The van der Waals surface area contributed by atoms with Crippen LogP contribution in [0, 0.1) is 22.0 Å². The highest BCUT2D eigenvalue weighted by Crippen LogP contribution is 2.39. The van der Waals surface area contributed by atoms with E-state index in [0.29, 0.717) is 5.56 Å². The first-order chi connectivity index (χ1) is 14.8. The number of hydrogen-bond donors (Lipinski definition) is 0. The van der Waals surface area contributed by atoms with Crippen LogP contribution in [0.3, 0.4) is 0 Å². The summed E-state index contributed by atoms with van der Waals surface area (Å²) in [5.41, 5.74) is -0.441. The Bertz CT molecular complexity index is 1070. The van der Waals surface area contributed by atoms with Crippen molar-refractivity contribution in [2.24, 2.45) is 11.8 Å². The Morgan fingerprint density at radius 1 is 1.16 bits per heavy atom. The summed E-state index contributed by atoms with van der Waals surface area (Å²) in [7, 11) is 0. The van der Waals surface area contributed by atoms with Crippen LogP contribution >= 0.6 is 11.6 Å². The molecule has 0 aliphatic heterocycles. The van der Waals surface area contributed by atoms with Crippen LogP contribution in [0.2, 0.25) is 5.02 Å². The molecule has 1 fully saturated rings. The smallest absolute Gasteiger partial charge is 0.317 e. The number of rotatable bonds is 6. The van der Waals surface area contributed by atoms with Crippen molar-refractivity contribution in [1.29, 1.82) is 0 Å². The van der Waals surface area contributed by atoms with E-state index in [-0.39, 0.29) is 18.1 Å². The van der Waals surface area contributed by atoms with Gasteiger partial charge in [-0.25, -0.2) is 0 Å². The fourth-order valence-corrected chi connectivity index (χ4v) is 3.97. The molecule has 0 radical (unpaired) electrons. The summed E-state index contributed by atoms with van der Waals surface area (Å²) < 4.78 is 5.04. The first kappa shape index (κ1) is 22.3. The number of nitro groups is 1. The molecule has 3 rings (SSSR count). The van der Waals surface area contributed by atoms with Gasteiger partial charge in [0, 0.05) is 23.4 Å². The minimum absolute atomic E-state index is 0.0132. The zero-order valence-electron chi connectivity index (χ0n) is 16.4. The third-order valence-corrected chi connectivity index (χ3v) is 5.42. The van der Waals surface area contributed by atoms with Crippen molar-refractivity contribution in [3.05, 3.63) is 74.8 Å². The van der Waals surface area contributed by atoms with Gasteiger partial charge >= 0.3 is 5.97 Å². The summed E-state index contributed by atoms with van der Waals surface area (Å²) in [6.45, 7) is 1.59. The quantitative estimate of drug-likeness (QED) is 0.220. The molecule has 0 N–H and O–H groups in total. The maximum Gasteiger partial charge on any atom is 0.317 e. The fourth-order valence-electron chi connectivity index (χ4n) is 3.81. The van der Waals surface area contributed by atoms with E-state index in [1.54, 1.807) is 37.3 Å². The van der Waals surface area contributed by atoms with Crippen molar-refractivity contribution in [3.8, 4) is 0 Å². The Kier molecular flexibility index (Phi) is 6.60. The highest BCUT2D eigenvalue weighted by Gasteiger charge is 2.51. The van der Waals surface area contributed by atoms with Gasteiger partial charge in [-0.3, -0.25) is 29.3 Å². The molecular weight excluding hydrogens is 426 g/mol. The first-order valence-corrected chi connectivity index (χ1v) is 9.90. The molecule has 0 amide bonds. The molecule has 2 aromatic rings. The maximum absolute atomic E-state index is 13.3. The molecule has 0 bridgehead atoms. The minimum Gasteiger partial charge on any atom is -0.465 e. The lowest BCUT2D eigenvalue weighted by Gasteiger charge is -2.32. The summed E-state index contributed by atoms with van der Waals surface area (Å²) in [4.78, 5) is 62.4. The lowest BCUT2D eigenvalue weighted by Crippen LogP contribution is -2.47. The average Bonchev–Trinajstić information content (AvgIpc) is 2.73. The first-order valence-electron chi connectivity index (χ1n) is 9.52. The van der Waals surface area contributed by atoms with Gasteiger partial charge in [-0.2, -0.15) is 0 Å². The molecule has 3 atom stereocenters. The fraction of sp³-hybridized carbons (Fsp3) is 0.273. The number of carbonyl (C=O) groups excluding carboxylic acids is 4. The molecule has 1 aliphatic rings. The number of nitrogens with zero attached hydrogens (tertiary/aromatic N) is 1. The second-order valence-corrected chi connectivity index (χ2v) is 7.47. The van der Waals surface area contributed by atoms with Crippen molar-refractivity contribution >= 4 is 40.6 Å². The highest BCUT2D eigenvalue weighted by atomic mass is 35.5. The van der Waals surface area contributed by atoms with E-state index in [2.05, 4.69) is 0 Å². The van der Waals surface area contributed by atoms with Crippen molar-refractivity contribution in [2.45, 2.75) is 19.3 Å². The van der Waals surface area contributed by atoms with Gasteiger partial charge < -0.3 is 4.74 Å². The van der Waals surface area contributed by atoms with Crippen molar-refractivity contribution in [1.82, 2.24) is 0 Å². The van der Waals surface area contributed by atoms with Gasteiger partial charge in [0.2, 0.25) is 0 Å². The third-order valence-electron chi connectivity index (χ3n) is 5.19. The van der Waals surface area contributed by atoms with E-state index in [0.717, 1.165) is 12.1 Å². The van der Waals surface area contributed by atoms with Crippen LogP contribution in [0.25, 0.3) is 0 Å². The van der Waals surface area contributed by atoms with Gasteiger partial charge in [-0.05, 0) is 24.6 Å². The number of halogens is 1. The zero-order chi connectivity index (χ0) is 22.7. The Morgan fingerprint density at radius 2 is 1.84 bits per heavy atom. The van der Waals surface area contributed by atoms with E-state index in [1.165, 1.54) is 6.07 Å². The van der Waals surface area contributed by atoms with Crippen LogP contribution in [0.4, 0.5) is 5.69 Å². The number of esters is 1. The van der Waals surface area contributed by atoms with Gasteiger partial charge in [0.1, 0.15) is 11.8 Å². The number of ketones is 3. The predicted molar refractivity (Wildman–Crippen MR) is 110 cm³/mol. The molecule has 3 unspecified atom stereocenters. The molecule has 1 aliphatic carbocycles. The summed E-state index contributed by atoms with van der Waals surface area (Å²) >= 11 is 5.78. The number of nitro benzene ring substituents is 1. The zero-order valence-corrected chi connectivity index (χ0v) is 17.2. The Labute approximate surface area is 182 Å². The minimum atomic E-state index is -1.82. The van der Waals surface area contributed by atoms with E-state index < -0.39 is 57.2 Å². The van der Waals surface area contributed by atoms with Gasteiger partial charge in [-0.1, -0.05) is 41.9 Å². The summed E-state index contributed by atoms with van der Waals surface area (Å²) in [5, 5.41) is 11.4. The van der Waals surface area contributed by atoms with Crippen LogP contribution in [0.15, 0.2) is 48.5 Å². The van der Waals surface area contributed by atoms with Crippen LogP contribution in [0.1, 0.15) is 35.2 Å². The molecule has 9 heteroatoms. The molecule has 2 aromatic carbocycles. The molecular formula is C22H18ClNO7. The molecule has 0 spiro atoms. The molecule has 0 heterocycles. The third kappa shape index (κ3) is 4.39.